The van der Waals surface area contributed by atoms with Crippen LogP contribution in [-0.2, 0) is 14.3 Å². The normalized spacial score (nSPS) is 26.8. The number of rotatable bonds is 4. The molecule has 0 unspecified atom stereocenters. The van der Waals surface area contributed by atoms with Crippen LogP contribution in [0.15, 0.2) is 42.5 Å². The number of nitrogens with zero attached hydrogens (tertiary/aromatic N) is 1. The van der Waals surface area contributed by atoms with Crippen LogP contribution < -0.4 is 5.32 Å². The monoisotopic (exact) mass is 356 g/mol. The maximum atomic E-state index is 12.7. The molecule has 2 bridgehead atoms. The van der Waals surface area contributed by atoms with Gasteiger partial charge in [-0.05, 0) is 6.92 Å². The minimum atomic E-state index is -1.02. The molecule has 0 radical (unpaired) electrons. The fourth-order valence-corrected chi connectivity index (χ4v) is 4.26. The smallest absolute Gasteiger partial charge is 0.310 e. The van der Waals surface area contributed by atoms with Crippen LogP contribution in [0.1, 0.15) is 4.88 Å². The predicted molar refractivity (Wildman–Crippen MR) is 93.3 cm³/mol. The number of hydrogen-bond acceptors (Lipinski definition) is 5. The summed E-state index contributed by atoms with van der Waals surface area (Å²) in [6, 6.07) is 9.72. The third-order valence-corrected chi connectivity index (χ3v) is 5.45. The molecular weight excluding hydrogens is 340 g/mol. The molecule has 7 heteroatoms. The highest BCUT2D eigenvalue weighted by Gasteiger charge is 2.53. The molecular formula is C18H16N2O4S. The summed E-state index contributed by atoms with van der Waals surface area (Å²) in [6.07, 6.45) is 2.46. The lowest BCUT2D eigenvalue weighted by Gasteiger charge is -2.20. The SMILES string of the molecule is Cc1sc(NC(=O)[C@@H]2[C@@H](C(=O)O)[C@@H]3C=C[C@H]2O3)nc1-c1ccccc1. The number of carboxylic acid groups (broad SMARTS) is 1. The number of carboxylic acids is 1. The van der Waals surface area contributed by atoms with Gasteiger partial charge in [-0.3, -0.25) is 9.59 Å². The van der Waals surface area contributed by atoms with Crippen LogP contribution in [0, 0.1) is 18.8 Å². The number of aliphatic carboxylic acids is 1. The molecule has 1 fully saturated rings. The second kappa shape index (κ2) is 6.09. The molecule has 1 amide bonds. The molecule has 6 nitrogen and oxygen atoms in total. The summed E-state index contributed by atoms with van der Waals surface area (Å²) in [5.41, 5.74) is 1.80. The van der Waals surface area contributed by atoms with Gasteiger partial charge in [0.1, 0.15) is 5.92 Å². The number of thiazole rings is 1. The molecule has 25 heavy (non-hydrogen) atoms. The van der Waals surface area contributed by atoms with Gasteiger partial charge in [-0.2, -0.15) is 0 Å². The molecule has 1 aromatic carbocycles. The van der Waals surface area contributed by atoms with E-state index in [0.29, 0.717) is 5.13 Å². The minimum Gasteiger partial charge on any atom is -0.481 e. The molecule has 4 rings (SSSR count). The highest BCUT2D eigenvalue weighted by Crippen LogP contribution is 2.40. The number of carbonyl (C=O) groups excluding carboxylic acids is 1. The number of carbonyl (C=O) groups is 2. The van der Waals surface area contributed by atoms with E-state index in [1.54, 1.807) is 12.2 Å². The number of ether oxygens (including phenoxy) is 1. The molecule has 3 heterocycles. The highest BCUT2D eigenvalue weighted by atomic mass is 32.1. The first kappa shape index (κ1) is 16.0. The number of amides is 1. The van der Waals surface area contributed by atoms with Gasteiger partial charge in [-0.25, -0.2) is 4.98 Å². The lowest BCUT2D eigenvalue weighted by molar-refractivity contribution is -0.145. The van der Waals surface area contributed by atoms with E-state index in [0.717, 1.165) is 16.1 Å². The molecule has 2 aliphatic heterocycles. The van der Waals surface area contributed by atoms with Gasteiger partial charge >= 0.3 is 5.97 Å². The fraction of sp³-hybridized carbons (Fsp3) is 0.278. The van der Waals surface area contributed by atoms with Crippen LogP contribution in [0.3, 0.4) is 0 Å². The van der Waals surface area contributed by atoms with Gasteiger partial charge in [0.25, 0.3) is 0 Å². The van der Waals surface area contributed by atoms with Gasteiger partial charge in [0, 0.05) is 10.4 Å². The van der Waals surface area contributed by atoms with Gasteiger partial charge in [0.05, 0.1) is 23.8 Å². The number of hydrogen-bond donors (Lipinski definition) is 2. The predicted octanol–water partition coefficient (Wildman–Crippen LogP) is 2.71. The van der Waals surface area contributed by atoms with Crippen LogP contribution in [0.2, 0.25) is 0 Å². The summed E-state index contributed by atoms with van der Waals surface area (Å²) in [7, 11) is 0. The van der Waals surface area contributed by atoms with Crippen molar-refractivity contribution in [2.45, 2.75) is 19.1 Å². The van der Waals surface area contributed by atoms with Gasteiger partial charge < -0.3 is 15.2 Å². The number of nitrogens with one attached hydrogen (secondary N) is 1. The molecule has 2 aromatic rings. The second-order valence-electron chi connectivity index (χ2n) is 6.12. The maximum absolute atomic E-state index is 12.7. The van der Waals surface area contributed by atoms with E-state index in [2.05, 4.69) is 10.3 Å². The number of benzene rings is 1. The lowest BCUT2D eigenvalue weighted by Crippen LogP contribution is -2.39. The van der Waals surface area contributed by atoms with Crippen LogP contribution in [0.25, 0.3) is 11.3 Å². The Morgan fingerprint density at radius 1 is 1.16 bits per heavy atom. The van der Waals surface area contributed by atoms with Crippen LogP contribution in [-0.4, -0.2) is 34.2 Å². The van der Waals surface area contributed by atoms with Crippen molar-refractivity contribution in [2.75, 3.05) is 5.32 Å². The van der Waals surface area contributed by atoms with Crippen molar-refractivity contribution in [1.82, 2.24) is 4.98 Å². The Balaban J connectivity index is 1.56. The topological polar surface area (TPSA) is 88.5 Å². The van der Waals surface area contributed by atoms with Gasteiger partial charge in [-0.15, -0.1) is 11.3 Å². The van der Waals surface area contributed by atoms with Crippen molar-refractivity contribution in [3.8, 4) is 11.3 Å². The first-order valence-electron chi connectivity index (χ1n) is 7.95. The van der Waals surface area contributed by atoms with E-state index in [1.807, 2.05) is 37.3 Å². The molecule has 0 spiro atoms. The van der Waals surface area contributed by atoms with E-state index < -0.39 is 30.0 Å². The Labute approximate surface area is 148 Å². The molecule has 1 saturated heterocycles. The summed E-state index contributed by atoms with van der Waals surface area (Å²) in [5, 5.41) is 12.7. The summed E-state index contributed by atoms with van der Waals surface area (Å²) < 4.78 is 5.55. The quantitative estimate of drug-likeness (QED) is 0.823. The van der Waals surface area contributed by atoms with E-state index in [1.165, 1.54) is 11.3 Å². The first-order valence-corrected chi connectivity index (χ1v) is 8.76. The number of aromatic nitrogens is 1. The highest BCUT2D eigenvalue weighted by molar-refractivity contribution is 7.16. The Kier molecular flexibility index (Phi) is 3.89. The largest absolute Gasteiger partial charge is 0.481 e. The summed E-state index contributed by atoms with van der Waals surface area (Å²) in [5.74, 6) is -2.98. The Hall–Kier alpha value is -2.51. The van der Waals surface area contributed by atoms with Gasteiger partial charge in [0.2, 0.25) is 5.91 Å². The van der Waals surface area contributed by atoms with Gasteiger partial charge in [-0.1, -0.05) is 42.5 Å². The molecule has 2 aliphatic rings. The molecule has 0 saturated carbocycles. The van der Waals surface area contributed by atoms with Crippen LogP contribution in [0.4, 0.5) is 5.13 Å². The average Bonchev–Trinajstić information content (AvgIpc) is 3.29. The molecule has 128 valence electrons. The zero-order chi connectivity index (χ0) is 17.6. The van der Waals surface area contributed by atoms with E-state index >= 15 is 0 Å². The zero-order valence-electron chi connectivity index (χ0n) is 13.4. The molecule has 4 atom stereocenters. The van der Waals surface area contributed by atoms with E-state index in [-0.39, 0.29) is 5.91 Å². The zero-order valence-corrected chi connectivity index (χ0v) is 14.2. The lowest BCUT2D eigenvalue weighted by atomic mass is 9.82. The summed E-state index contributed by atoms with van der Waals surface area (Å²) >= 11 is 1.38. The van der Waals surface area contributed by atoms with Crippen molar-refractivity contribution in [3.63, 3.8) is 0 Å². The van der Waals surface area contributed by atoms with Crippen molar-refractivity contribution in [3.05, 3.63) is 47.4 Å². The molecule has 2 N–H and O–H groups in total. The fourth-order valence-electron chi connectivity index (χ4n) is 3.42. The third kappa shape index (κ3) is 2.75. The molecule has 0 aliphatic carbocycles. The minimum absolute atomic E-state index is 0.363. The van der Waals surface area contributed by atoms with E-state index in [9.17, 15) is 14.7 Å². The average molecular weight is 356 g/mol. The Morgan fingerprint density at radius 3 is 2.52 bits per heavy atom. The number of fused-ring (bicyclic) bond motifs is 2. The summed E-state index contributed by atoms with van der Waals surface area (Å²) in [4.78, 5) is 29.6. The maximum Gasteiger partial charge on any atom is 0.310 e. The number of anilines is 1. The summed E-state index contributed by atoms with van der Waals surface area (Å²) in [6.45, 7) is 1.94. The standard InChI is InChI=1S/C18H16N2O4S/c1-9-15(10-5-3-2-4-6-10)19-18(25-9)20-16(21)13-11-7-8-12(24-11)14(13)17(22)23/h2-8,11-14H,1H3,(H,22,23)(H,19,20,21)/t11-,12+,13+,14+/m1/s1. The first-order chi connectivity index (χ1) is 12.0. The molecule has 1 aromatic heterocycles. The van der Waals surface area contributed by atoms with Crippen molar-refractivity contribution < 1.29 is 19.4 Å². The Morgan fingerprint density at radius 2 is 1.84 bits per heavy atom. The van der Waals surface area contributed by atoms with Crippen LogP contribution in [0.5, 0.6) is 0 Å². The third-order valence-electron chi connectivity index (χ3n) is 4.56. The Bertz CT molecular complexity index is 861. The van der Waals surface area contributed by atoms with Crippen LogP contribution >= 0.6 is 11.3 Å². The van der Waals surface area contributed by atoms with Crippen molar-refractivity contribution >= 4 is 28.3 Å². The van der Waals surface area contributed by atoms with E-state index in [4.69, 9.17) is 4.74 Å². The second-order valence-corrected chi connectivity index (χ2v) is 7.32. The number of aryl methyl sites for hydroxylation is 1. The van der Waals surface area contributed by atoms with Crippen molar-refractivity contribution in [1.29, 1.82) is 0 Å². The van der Waals surface area contributed by atoms with Crippen molar-refractivity contribution in [2.24, 2.45) is 11.8 Å². The van der Waals surface area contributed by atoms with Gasteiger partial charge in [0.15, 0.2) is 5.13 Å².